The van der Waals surface area contributed by atoms with E-state index in [0.29, 0.717) is 25.4 Å². The number of aromatic hydroxyl groups is 1. The second kappa shape index (κ2) is 6.36. The molecule has 0 radical (unpaired) electrons. The van der Waals surface area contributed by atoms with Gasteiger partial charge in [-0.25, -0.2) is 4.39 Å². The van der Waals surface area contributed by atoms with E-state index in [1.165, 1.54) is 0 Å². The molecule has 1 aromatic carbocycles. The molecule has 2 amide bonds. The molecule has 108 valence electrons. The van der Waals surface area contributed by atoms with E-state index in [2.05, 4.69) is 10.6 Å². The van der Waals surface area contributed by atoms with E-state index in [1.807, 2.05) is 0 Å². The van der Waals surface area contributed by atoms with Gasteiger partial charge in [-0.15, -0.1) is 0 Å². The van der Waals surface area contributed by atoms with Crippen molar-refractivity contribution in [1.29, 1.82) is 0 Å². The fourth-order valence-corrected chi connectivity index (χ4v) is 1.76. The second-order valence-electron chi connectivity index (χ2n) is 4.86. The zero-order chi connectivity index (χ0) is 14.5. The first-order chi connectivity index (χ1) is 9.56. The molecular formula is C14H17FN2O3. The molecule has 0 aliphatic heterocycles. The zero-order valence-corrected chi connectivity index (χ0v) is 11.0. The molecule has 20 heavy (non-hydrogen) atoms. The summed E-state index contributed by atoms with van der Waals surface area (Å²) in [4.78, 5) is 23.1. The molecule has 2 rings (SSSR count). The number of nitrogens with one attached hydrogen (secondary N) is 2. The molecule has 0 heterocycles. The lowest BCUT2D eigenvalue weighted by Crippen LogP contribution is -2.28. The number of carbonyl (C=O) groups excluding carboxylic acids is 2. The SMILES string of the molecule is O=C(CCCNC(=O)c1cc(F)ccc1O)NC1CC1. The average Bonchev–Trinajstić information content (AvgIpc) is 3.21. The zero-order valence-electron chi connectivity index (χ0n) is 11.0. The molecule has 1 saturated carbocycles. The summed E-state index contributed by atoms with van der Waals surface area (Å²) in [6, 6.07) is 3.52. The van der Waals surface area contributed by atoms with Crippen LogP contribution in [-0.2, 0) is 4.79 Å². The third-order valence-corrected chi connectivity index (χ3v) is 3.01. The third kappa shape index (κ3) is 4.22. The number of phenolic OH excluding ortho intramolecular Hbond substituents is 1. The maximum Gasteiger partial charge on any atom is 0.255 e. The van der Waals surface area contributed by atoms with Crippen LogP contribution in [0.5, 0.6) is 5.75 Å². The maximum absolute atomic E-state index is 13.0. The lowest BCUT2D eigenvalue weighted by Gasteiger charge is -2.07. The summed E-state index contributed by atoms with van der Waals surface area (Å²) in [5, 5.41) is 14.9. The quantitative estimate of drug-likeness (QED) is 0.688. The highest BCUT2D eigenvalue weighted by Gasteiger charge is 2.22. The van der Waals surface area contributed by atoms with Crippen molar-refractivity contribution in [3.8, 4) is 5.75 Å². The number of hydrogen-bond donors (Lipinski definition) is 3. The Balaban J connectivity index is 1.71. The molecule has 6 heteroatoms. The van der Waals surface area contributed by atoms with Crippen molar-refractivity contribution in [2.45, 2.75) is 31.7 Å². The largest absolute Gasteiger partial charge is 0.507 e. The van der Waals surface area contributed by atoms with E-state index in [-0.39, 0.29) is 17.2 Å². The van der Waals surface area contributed by atoms with Crippen molar-refractivity contribution in [1.82, 2.24) is 10.6 Å². The number of rotatable bonds is 6. The molecule has 0 bridgehead atoms. The molecule has 3 N–H and O–H groups in total. The van der Waals surface area contributed by atoms with Gasteiger partial charge in [0.1, 0.15) is 11.6 Å². The van der Waals surface area contributed by atoms with Crippen LogP contribution in [0.4, 0.5) is 4.39 Å². The summed E-state index contributed by atoms with van der Waals surface area (Å²) >= 11 is 0. The molecule has 0 unspecified atom stereocenters. The van der Waals surface area contributed by atoms with Gasteiger partial charge in [-0.05, 0) is 37.5 Å². The van der Waals surface area contributed by atoms with Crippen molar-refractivity contribution in [3.63, 3.8) is 0 Å². The topological polar surface area (TPSA) is 78.4 Å². The van der Waals surface area contributed by atoms with Gasteiger partial charge < -0.3 is 15.7 Å². The third-order valence-electron chi connectivity index (χ3n) is 3.01. The Morgan fingerprint density at radius 3 is 2.80 bits per heavy atom. The minimum absolute atomic E-state index is 0.0182. The highest BCUT2D eigenvalue weighted by atomic mass is 19.1. The fraction of sp³-hybridized carbons (Fsp3) is 0.429. The van der Waals surface area contributed by atoms with Gasteiger partial charge >= 0.3 is 0 Å². The van der Waals surface area contributed by atoms with Gasteiger partial charge in [0.2, 0.25) is 5.91 Å². The van der Waals surface area contributed by atoms with E-state index in [9.17, 15) is 19.1 Å². The molecule has 1 aliphatic rings. The highest BCUT2D eigenvalue weighted by Crippen LogP contribution is 2.19. The summed E-state index contributed by atoms with van der Waals surface area (Å²) < 4.78 is 13.0. The fourth-order valence-electron chi connectivity index (χ4n) is 1.76. The Morgan fingerprint density at radius 2 is 2.10 bits per heavy atom. The van der Waals surface area contributed by atoms with Crippen molar-refractivity contribution in [3.05, 3.63) is 29.6 Å². The van der Waals surface area contributed by atoms with Crippen LogP contribution in [0.15, 0.2) is 18.2 Å². The maximum atomic E-state index is 13.0. The Kier molecular flexibility index (Phi) is 4.55. The number of benzene rings is 1. The number of hydrogen-bond acceptors (Lipinski definition) is 3. The highest BCUT2D eigenvalue weighted by molar-refractivity contribution is 5.96. The molecule has 1 aliphatic carbocycles. The minimum Gasteiger partial charge on any atom is -0.507 e. The van der Waals surface area contributed by atoms with Crippen molar-refractivity contribution in [2.75, 3.05) is 6.54 Å². The van der Waals surface area contributed by atoms with E-state index in [4.69, 9.17) is 0 Å². The number of phenols is 1. The van der Waals surface area contributed by atoms with Gasteiger partial charge in [0.25, 0.3) is 5.91 Å². The molecule has 0 atom stereocenters. The standard InChI is InChI=1S/C14H17FN2O3/c15-9-3-6-12(18)11(8-9)14(20)16-7-1-2-13(19)17-10-4-5-10/h3,6,8,10,18H,1-2,4-5,7H2,(H,16,20)(H,17,19). The van der Waals surface area contributed by atoms with Crippen LogP contribution in [0, 0.1) is 5.82 Å². The van der Waals surface area contributed by atoms with Crippen LogP contribution in [0.2, 0.25) is 0 Å². The van der Waals surface area contributed by atoms with Crippen molar-refractivity contribution >= 4 is 11.8 Å². The van der Waals surface area contributed by atoms with Gasteiger partial charge in [0, 0.05) is 19.0 Å². The smallest absolute Gasteiger partial charge is 0.255 e. The summed E-state index contributed by atoms with van der Waals surface area (Å²) in [5.74, 6) is -1.42. The Morgan fingerprint density at radius 1 is 1.35 bits per heavy atom. The van der Waals surface area contributed by atoms with Crippen LogP contribution >= 0.6 is 0 Å². The molecular weight excluding hydrogens is 263 g/mol. The van der Waals surface area contributed by atoms with Gasteiger partial charge in [-0.2, -0.15) is 0 Å². The summed E-state index contributed by atoms with van der Waals surface area (Å²) in [6.45, 7) is 0.298. The summed E-state index contributed by atoms with van der Waals surface area (Å²) in [5.41, 5.74) is -0.104. The van der Waals surface area contributed by atoms with E-state index >= 15 is 0 Å². The first-order valence-electron chi connectivity index (χ1n) is 6.62. The average molecular weight is 280 g/mol. The lowest BCUT2D eigenvalue weighted by molar-refractivity contribution is -0.121. The molecule has 1 aromatic rings. The number of carbonyl (C=O) groups is 2. The Labute approximate surface area is 116 Å². The van der Waals surface area contributed by atoms with Gasteiger partial charge in [0.05, 0.1) is 5.56 Å². The monoisotopic (exact) mass is 280 g/mol. The van der Waals surface area contributed by atoms with Crippen LogP contribution in [-0.4, -0.2) is 29.5 Å². The first kappa shape index (κ1) is 14.3. The number of amides is 2. The van der Waals surface area contributed by atoms with Gasteiger partial charge in [-0.1, -0.05) is 0 Å². The van der Waals surface area contributed by atoms with Crippen molar-refractivity contribution < 1.29 is 19.1 Å². The van der Waals surface area contributed by atoms with Gasteiger partial charge in [0.15, 0.2) is 0 Å². The van der Waals surface area contributed by atoms with E-state index in [0.717, 1.165) is 31.0 Å². The van der Waals surface area contributed by atoms with Crippen LogP contribution in [0.25, 0.3) is 0 Å². The van der Waals surface area contributed by atoms with E-state index < -0.39 is 11.7 Å². The normalized spacial score (nSPS) is 13.8. The number of halogens is 1. The second-order valence-corrected chi connectivity index (χ2v) is 4.86. The Hall–Kier alpha value is -2.11. The van der Waals surface area contributed by atoms with Gasteiger partial charge in [-0.3, -0.25) is 9.59 Å². The van der Waals surface area contributed by atoms with E-state index in [1.54, 1.807) is 0 Å². The first-order valence-corrected chi connectivity index (χ1v) is 6.62. The molecule has 0 saturated heterocycles. The van der Waals surface area contributed by atoms with Crippen molar-refractivity contribution in [2.24, 2.45) is 0 Å². The predicted molar refractivity (Wildman–Crippen MR) is 70.8 cm³/mol. The van der Waals surface area contributed by atoms with Crippen LogP contribution in [0.3, 0.4) is 0 Å². The molecule has 5 nitrogen and oxygen atoms in total. The van der Waals surface area contributed by atoms with Crippen LogP contribution < -0.4 is 10.6 Å². The minimum atomic E-state index is -0.586. The molecule has 0 spiro atoms. The summed E-state index contributed by atoms with van der Waals surface area (Å²) in [7, 11) is 0. The predicted octanol–water partition coefficient (Wildman–Crippen LogP) is 1.32. The Bertz CT molecular complexity index is 515. The van der Waals surface area contributed by atoms with Crippen LogP contribution in [0.1, 0.15) is 36.0 Å². The summed E-state index contributed by atoms with van der Waals surface area (Å²) in [6.07, 6.45) is 2.93. The molecule has 1 fully saturated rings. The molecule has 0 aromatic heterocycles. The lowest BCUT2D eigenvalue weighted by atomic mass is 10.2.